The number of aryl methyl sites for hydroxylation is 1. The smallest absolute Gasteiger partial charge is 0.0749 e. The maximum absolute atomic E-state index is 3.84. The lowest BCUT2D eigenvalue weighted by Gasteiger charge is -2.16. The van der Waals surface area contributed by atoms with Gasteiger partial charge in [0.1, 0.15) is 0 Å². The zero-order chi connectivity index (χ0) is 14.2. The highest BCUT2D eigenvalue weighted by Gasteiger charge is 2.20. The van der Waals surface area contributed by atoms with Gasteiger partial charge >= 0.3 is 0 Å². The molecule has 0 saturated heterocycles. The number of hydrogen-bond acceptors (Lipinski definition) is 1. The Kier molecular flexibility index (Phi) is 4.59. The molecule has 1 aromatic heterocycles. The molecule has 0 spiro atoms. The van der Waals surface area contributed by atoms with E-state index in [-0.39, 0.29) is 10.2 Å². The van der Waals surface area contributed by atoms with Gasteiger partial charge in [-0.3, -0.25) is 0 Å². The van der Waals surface area contributed by atoms with E-state index in [9.17, 15) is 0 Å². The van der Waals surface area contributed by atoms with Gasteiger partial charge < -0.3 is 0 Å². The zero-order valence-electron chi connectivity index (χ0n) is 11.6. The standard InChI is InChI=1S/C16H18Br2S/c1-10-5-6-12(17)11(9-10)15(18)13-7-8-14(19-13)16(2,3)4/h5-9,15H,1-4H3. The molecule has 0 bridgehead atoms. The van der Waals surface area contributed by atoms with Gasteiger partial charge in [-0.15, -0.1) is 11.3 Å². The van der Waals surface area contributed by atoms with Crippen molar-refractivity contribution in [1.29, 1.82) is 0 Å². The molecule has 0 aliphatic heterocycles. The normalized spacial score (nSPS) is 13.6. The number of rotatable bonds is 2. The quantitative estimate of drug-likeness (QED) is 0.497. The molecule has 3 heteroatoms. The minimum absolute atomic E-state index is 0.222. The predicted molar refractivity (Wildman–Crippen MR) is 92.7 cm³/mol. The van der Waals surface area contributed by atoms with Gasteiger partial charge in [-0.1, -0.05) is 70.3 Å². The van der Waals surface area contributed by atoms with Crippen molar-refractivity contribution >= 4 is 43.2 Å². The lowest BCUT2D eigenvalue weighted by Crippen LogP contribution is -2.07. The molecule has 2 rings (SSSR count). The van der Waals surface area contributed by atoms with Gasteiger partial charge in [-0.05, 0) is 36.1 Å². The lowest BCUT2D eigenvalue weighted by atomic mass is 9.95. The van der Waals surface area contributed by atoms with Crippen LogP contribution in [-0.2, 0) is 5.41 Å². The summed E-state index contributed by atoms with van der Waals surface area (Å²) in [5.74, 6) is 0. The molecule has 0 amide bonds. The lowest BCUT2D eigenvalue weighted by molar-refractivity contribution is 0.604. The van der Waals surface area contributed by atoms with Crippen molar-refractivity contribution in [3.8, 4) is 0 Å². The molecule has 0 radical (unpaired) electrons. The van der Waals surface area contributed by atoms with Gasteiger partial charge in [-0.25, -0.2) is 0 Å². The highest BCUT2D eigenvalue weighted by atomic mass is 79.9. The van der Waals surface area contributed by atoms with Crippen LogP contribution in [0.5, 0.6) is 0 Å². The van der Waals surface area contributed by atoms with Crippen molar-refractivity contribution in [1.82, 2.24) is 0 Å². The Balaban J connectivity index is 2.36. The van der Waals surface area contributed by atoms with Crippen LogP contribution in [0.3, 0.4) is 0 Å². The molecule has 19 heavy (non-hydrogen) atoms. The summed E-state index contributed by atoms with van der Waals surface area (Å²) >= 11 is 9.38. The van der Waals surface area contributed by atoms with Crippen LogP contribution in [0.25, 0.3) is 0 Å². The first-order valence-corrected chi connectivity index (χ1v) is 8.82. The minimum Gasteiger partial charge on any atom is -0.143 e. The second-order valence-corrected chi connectivity index (χ2v) is 8.72. The van der Waals surface area contributed by atoms with Crippen LogP contribution in [0.15, 0.2) is 34.8 Å². The van der Waals surface area contributed by atoms with Gasteiger partial charge in [0, 0.05) is 14.2 Å². The summed E-state index contributed by atoms with van der Waals surface area (Å²) in [5.41, 5.74) is 2.80. The molecular weight excluding hydrogens is 384 g/mol. The number of hydrogen-bond donors (Lipinski definition) is 0. The van der Waals surface area contributed by atoms with Gasteiger partial charge in [-0.2, -0.15) is 0 Å². The third-order valence-electron chi connectivity index (χ3n) is 3.04. The number of thiophene rings is 1. The highest BCUT2D eigenvalue weighted by Crippen LogP contribution is 2.41. The van der Waals surface area contributed by atoms with E-state index < -0.39 is 0 Å². The molecule has 0 aliphatic carbocycles. The van der Waals surface area contributed by atoms with Crippen LogP contribution in [-0.4, -0.2) is 0 Å². The summed E-state index contributed by atoms with van der Waals surface area (Å²) in [4.78, 5) is 3.04. The Morgan fingerprint density at radius 2 is 1.79 bits per heavy atom. The maximum Gasteiger partial charge on any atom is 0.0749 e. The fraction of sp³-hybridized carbons (Fsp3) is 0.375. The van der Waals surface area contributed by atoms with Crippen molar-refractivity contribution in [2.45, 2.75) is 37.9 Å². The summed E-state index contributed by atoms with van der Waals surface area (Å²) in [6.45, 7) is 8.90. The summed E-state index contributed by atoms with van der Waals surface area (Å²) in [6, 6.07) is 11.0. The van der Waals surface area contributed by atoms with Gasteiger partial charge in [0.25, 0.3) is 0 Å². The predicted octanol–water partition coefficient (Wildman–Crippen LogP) is 6.60. The van der Waals surface area contributed by atoms with Crippen molar-refractivity contribution < 1.29 is 0 Å². The molecule has 1 aromatic carbocycles. The van der Waals surface area contributed by atoms with Crippen molar-refractivity contribution in [2.75, 3.05) is 0 Å². The second-order valence-electron chi connectivity index (χ2n) is 5.84. The van der Waals surface area contributed by atoms with E-state index in [0.717, 1.165) is 4.47 Å². The Morgan fingerprint density at radius 1 is 1.11 bits per heavy atom. The van der Waals surface area contributed by atoms with E-state index in [1.807, 2.05) is 11.3 Å². The molecule has 1 heterocycles. The molecule has 1 unspecified atom stereocenters. The third kappa shape index (κ3) is 3.50. The average Bonchev–Trinajstić information content (AvgIpc) is 2.80. The second kappa shape index (κ2) is 5.71. The van der Waals surface area contributed by atoms with E-state index in [0.29, 0.717) is 0 Å². The molecule has 0 fully saturated rings. The Morgan fingerprint density at radius 3 is 2.37 bits per heavy atom. The van der Waals surface area contributed by atoms with Gasteiger partial charge in [0.05, 0.1) is 4.83 Å². The van der Waals surface area contributed by atoms with Crippen molar-refractivity contribution in [3.63, 3.8) is 0 Å². The highest BCUT2D eigenvalue weighted by molar-refractivity contribution is 9.11. The number of benzene rings is 1. The van der Waals surface area contributed by atoms with Crippen LogP contribution in [0.4, 0.5) is 0 Å². The molecule has 0 saturated carbocycles. The minimum atomic E-state index is 0.222. The Labute approximate surface area is 136 Å². The van der Waals surface area contributed by atoms with E-state index in [1.54, 1.807) is 0 Å². The van der Waals surface area contributed by atoms with E-state index in [4.69, 9.17) is 0 Å². The van der Waals surface area contributed by atoms with Crippen LogP contribution in [0.2, 0.25) is 0 Å². The fourth-order valence-electron chi connectivity index (χ4n) is 1.90. The SMILES string of the molecule is Cc1ccc(Br)c(C(Br)c2ccc(C(C)(C)C)s2)c1. The molecule has 0 aliphatic rings. The molecule has 0 N–H and O–H groups in total. The van der Waals surface area contributed by atoms with Crippen molar-refractivity contribution in [2.24, 2.45) is 0 Å². The summed E-state index contributed by atoms with van der Waals surface area (Å²) in [7, 11) is 0. The average molecular weight is 402 g/mol. The number of alkyl halides is 1. The molecule has 2 aromatic rings. The first-order chi connectivity index (χ1) is 8.79. The Bertz CT molecular complexity index is 579. The van der Waals surface area contributed by atoms with Gasteiger partial charge in [0.15, 0.2) is 0 Å². The largest absolute Gasteiger partial charge is 0.143 e. The van der Waals surface area contributed by atoms with Crippen LogP contribution in [0.1, 0.15) is 46.5 Å². The molecule has 0 nitrogen and oxygen atoms in total. The van der Waals surface area contributed by atoms with Crippen LogP contribution >= 0.6 is 43.2 Å². The summed E-state index contributed by atoms with van der Waals surface area (Å²) < 4.78 is 1.16. The third-order valence-corrected chi connectivity index (χ3v) is 6.63. The van der Waals surface area contributed by atoms with E-state index in [1.165, 1.54) is 20.9 Å². The fourth-order valence-corrected chi connectivity index (χ4v) is 4.56. The van der Waals surface area contributed by atoms with Crippen molar-refractivity contribution in [3.05, 3.63) is 55.7 Å². The maximum atomic E-state index is 3.84. The monoisotopic (exact) mass is 400 g/mol. The van der Waals surface area contributed by atoms with Crippen LogP contribution < -0.4 is 0 Å². The van der Waals surface area contributed by atoms with E-state index >= 15 is 0 Å². The molecule has 102 valence electrons. The Hall–Kier alpha value is -0.120. The molecule has 1 atom stereocenters. The van der Waals surface area contributed by atoms with E-state index in [2.05, 4.69) is 89.9 Å². The first-order valence-electron chi connectivity index (χ1n) is 6.29. The number of halogens is 2. The first kappa shape index (κ1) is 15.3. The summed E-state index contributed by atoms with van der Waals surface area (Å²) in [6.07, 6.45) is 0. The molecular formula is C16H18Br2S. The van der Waals surface area contributed by atoms with Crippen LogP contribution in [0, 0.1) is 6.92 Å². The van der Waals surface area contributed by atoms with Gasteiger partial charge in [0.2, 0.25) is 0 Å². The topological polar surface area (TPSA) is 0 Å². The summed E-state index contributed by atoms with van der Waals surface area (Å²) in [5, 5.41) is 0. The zero-order valence-corrected chi connectivity index (χ0v) is 15.6.